The first-order valence-corrected chi connectivity index (χ1v) is 7.08. The lowest BCUT2D eigenvalue weighted by Crippen LogP contribution is -2.10. The molecular formula is C18H24N2. The molecule has 0 spiro atoms. The lowest BCUT2D eigenvalue weighted by Gasteiger charge is -2.13. The van der Waals surface area contributed by atoms with E-state index in [-0.39, 0.29) is 0 Å². The molecular weight excluding hydrogens is 244 g/mol. The topological polar surface area (TPSA) is 15.3 Å². The first-order chi connectivity index (χ1) is 9.54. The summed E-state index contributed by atoms with van der Waals surface area (Å²) < 4.78 is 0. The van der Waals surface area contributed by atoms with Gasteiger partial charge in [0.05, 0.1) is 0 Å². The summed E-state index contributed by atoms with van der Waals surface area (Å²) in [6.45, 7) is 6.15. The van der Waals surface area contributed by atoms with Gasteiger partial charge in [-0.05, 0) is 56.8 Å². The first kappa shape index (κ1) is 14.6. The van der Waals surface area contributed by atoms with E-state index in [2.05, 4.69) is 80.6 Å². The van der Waals surface area contributed by atoms with Gasteiger partial charge in [-0.2, -0.15) is 0 Å². The van der Waals surface area contributed by atoms with Crippen LogP contribution < -0.4 is 5.32 Å². The van der Waals surface area contributed by atoms with Crippen LogP contribution in [0.4, 0.5) is 5.69 Å². The van der Waals surface area contributed by atoms with Crippen molar-refractivity contribution in [3.05, 3.63) is 64.7 Å². The fraction of sp³-hybridized carbons (Fsp3) is 0.333. The summed E-state index contributed by atoms with van der Waals surface area (Å²) in [5, 5.41) is 3.52. The van der Waals surface area contributed by atoms with Crippen LogP contribution in [-0.4, -0.2) is 19.0 Å². The van der Waals surface area contributed by atoms with Crippen LogP contribution in [0.15, 0.2) is 42.5 Å². The molecule has 0 saturated carbocycles. The molecule has 106 valence electrons. The molecule has 0 fully saturated rings. The van der Waals surface area contributed by atoms with E-state index in [1.807, 2.05) is 0 Å². The molecule has 2 aromatic rings. The van der Waals surface area contributed by atoms with Gasteiger partial charge in [0.1, 0.15) is 0 Å². The van der Waals surface area contributed by atoms with Crippen molar-refractivity contribution in [1.82, 2.24) is 4.90 Å². The molecule has 2 heteroatoms. The summed E-state index contributed by atoms with van der Waals surface area (Å²) in [6, 6.07) is 15.3. The van der Waals surface area contributed by atoms with E-state index in [4.69, 9.17) is 0 Å². The Bertz CT molecular complexity index is 573. The van der Waals surface area contributed by atoms with Gasteiger partial charge in [0.2, 0.25) is 0 Å². The highest BCUT2D eigenvalue weighted by Gasteiger charge is 2.00. The van der Waals surface area contributed by atoms with Gasteiger partial charge in [0.15, 0.2) is 0 Å². The molecule has 0 unspecified atom stereocenters. The normalized spacial score (nSPS) is 10.8. The minimum Gasteiger partial charge on any atom is -0.381 e. The van der Waals surface area contributed by atoms with Crippen molar-refractivity contribution in [2.75, 3.05) is 19.4 Å². The predicted molar refractivity (Wildman–Crippen MR) is 87.1 cm³/mol. The molecule has 2 nitrogen and oxygen atoms in total. The molecule has 0 heterocycles. The second kappa shape index (κ2) is 6.58. The molecule has 1 N–H and O–H groups in total. The van der Waals surface area contributed by atoms with E-state index < -0.39 is 0 Å². The minimum atomic E-state index is 0.873. The molecule has 0 atom stereocenters. The van der Waals surface area contributed by atoms with Crippen LogP contribution in [0.25, 0.3) is 0 Å². The Balaban J connectivity index is 2.03. The van der Waals surface area contributed by atoms with Crippen molar-refractivity contribution in [2.24, 2.45) is 0 Å². The summed E-state index contributed by atoms with van der Waals surface area (Å²) >= 11 is 0. The van der Waals surface area contributed by atoms with Crippen molar-refractivity contribution in [1.29, 1.82) is 0 Å². The van der Waals surface area contributed by atoms with Gasteiger partial charge in [-0.3, -0.25) is 0 Å². The average Bonchev–Trinajstić information content (AvgIpc) is 2.37. The highest BCUT2D eigenvalue weighted by molar-refractivity contribution is 5.47. The number of hydrogen-bond acceptors (Lipinski definition) is 2. The SMILES string of the molecule is Cc1ccc(CNc2cccc(CN(C)C)c2)c(C)c1. The van der Waals surface area contributed by atoms with Crippen LogP contribution in [0.3, 0.4) is 0 Å². The molecule has 0 aliphatic rings. The van der Waals surface area contributed by atoms with E-state index in [0.717, 1.165) is 13.1 Å². The number of benzene rings is 2. The smallest absolute Gasteiger partial charge is 0.0403 e. The third kappa shape index (κ3) is 4.10. The Morgan fingerprint density at radius 2 is 1.80 bits per heavy atom. The third-order valence-corrected chi connectivity index (χ3v) is 3.41. The fourth-order valence-corrected chi connectivity index (χ4v) is 2.39. The summed E-state index contributed by atoms with van der Waals surface area (Å²) in [4.78, 5) is 2.18. The van der Waals surface area contributed by atoms with Gasteiger partial charge in [-0.1, -0.05) is 35.9 Å². The molecule has 0 radical (unpaired) electrons. The van der Waals surface area contributed by atoms with Crippen LogP contribution in [0.5, 0.6) is 0 Å². The van der Waals surface area contributed by atoms with Crippen LogP contribution in [0, 0.1) is 13.8 Å². The lowest BCUT2D eigenvalue weighted by atomic mass is 10.1. The largest absolute Gasteiger partial charge is 0.381 e. The number of anilines is 1. The van der Waals surface area contributed by atoms with E-state index in [0.29, 0.717) is 0 Å². The van der Waals surface area contributed by atoms with E-state index in [9.17, 15) is 0 Å². The molecule has 0 aromatic heterocycles. The molecule has 0 bridgehead atoms. The summed E-state index contributed by atoms with van der Waals surface area (Å²) in [5.41, 5.74) is 6.54. The van der Waals surface area contributed by atoms with Gasteiger partial charge < -0.3 is 10.2 Å². The molecule has 20 heavy (non-hydrogen) atoms. The van der Waals surface area contributed by atoms with Crippen LogP contribution in [0.2, 0.25) is 0 Å². The molecule has 0 aliphatic heterocycles. The van der Waals surface area contributed by atoms with E-state index >= 15 is 0 Å². The summed E-state index contributed by atoms with van der Waals surface area (Å²) in [5.74, 6) is 0. The Hall–Kier alpha value is -1.80. The lowest BCUT2D eigenvalue weighted by molar-refractivity contribution is 0.402. The number of nitrogens with one attached hydrogen (secondary N) is 1. The van der Waals surface area contributed by atoms with Crippen LogP contribution in [-0.2, 0) is 13.1 Å². The maximum atomic E-state index is 3.52. The van der Waals surface area contributed by atoms with Crippen molar-refractivity contribution in [3.8, 4) is 0 Å². The number of hydrogen-bond donors (Lipinski definition) is 1. The van der Waals surface area contributed by atoms with E-state index in [1.165, 1.54) is 27.9 Å². The van der Waals surface area contributed by atoms with Gasteiger partial charge >= 0.3 is 0 Å². The summed E-state index contributed by atoms with van der Waals surface area (Å²) in [7, 11) is 4.19. The van der Waals surface area contributed by atoms with Crippen molar-refractivity contribution in [3.63, 3.8) is 0 Å². The van der Waals surface area contributed by atoms with Gasteiger partial charge in [-0.25, -0.2) is 0 Å². The molecule has 2 aromatic carbocycles. The zero-order chi connectivity index (χ0) is 14.5. The Kier molecular flexibility index (Phi) is 4.80. The van der Waals surface area contributed by atoms with Crippen molar-refractivity contribution in [2.45, 2.75) is 26.9 Å². The Labute approximate surface area is 122 Å². The summed E-state index contributed by atoms with van der Waals surface area (Å²) in [6.07, 6.45) is 0. The zero-order valence-electron chi connectivity index (χ0n) is 12.9. The predicted octanol–water partition coefficient (Wildman–Crippen LogP) is 3.98. The highest BCUT2D eigenvalue weighted by Crippen LogP contribution is 2.15. The number of rotatable bonds is 5. The highest BCUT2D eigenvalue weighted by atomic mass is 15.0. The molecule has 0 saturated heterocycles. The number of nitrogens with zero attached hydrogens (tertiary/aromatic N) is 1. The second-order valence-electron chi connectivity index (χ2n) is 5.72. The molecule has 0 amide bonds. The maximum absolute atomic E-state index is 3.52. The third-order valence-electron chi connectivity index (χ3n) is 3.41. The monoisotopic (exact) mass is 268 g/mol. The number of aryl methyl sites for hydroxylation is 2. The Morgan fingerprint density at radius 3 is 2.50 bits per heavy atom. The first-order valence-electron chi connectivity index (χ1n) is 7.08. The van der Waals surface area contributed by atoms with Crippen LogP contribution in [0.1, 0.15) is 22.3 Å². The van der Waals surface area contributed by atoms with Gasteiger partial charge in [0, 0.05) is 18.8 Å². The van der Waals surface area contributed by atoms with Crippen LogP contribution >= 0.6 is 0 Å². The average molecular weight is 268 g/mol. The fourth-order valence-electron chi connectivity index (χ4n) is 2.39. The Morgan fingerprint density at radius 1 is 1.00 bits per heavy atom. The van der Waals surface area contributed by atoms with Gasteiger partial charge in [-0.15, -0.1) is 0 Å². The zero-order valence-corrected chi connectivity index (χ0v) is 12.9. The van der Waals surface area contributed by atoms with Gasteiger partial charge in [0.25, 0.3) is 0 Å². The molecule has 0 aliphatic carbocycles. The minimum absolute atomic E-state index is 0.873. The quantitative estimate of drug-likeness (QED) is 0.882. The maximum Gasteiger partial charge on any atom is 0.0403 e. The second-order valence-corrected chi connectivity index (χ2v) is 5.72. The standard InChI is InChI=1S/C18H24N2/c1-14-8-9-17(15(2)10-14)12-19-18-7-5-6-16(11-18)13-20(3)4/h5-11,19H,12-13H2,1-4H3. The van der Waals surface area contributed by atoms with Crippen molar-refractivity contribution < 1.29 is 0 Å². The van der Waals surface area contributed by atoms with E-state index in [1.54, 1.807) is 0 Å². The molecule has 2 rings (SSSR count). The van der Waals surface area contributed by atoms with Crippen molar-refractivity contribution >= 4 is 5.69 Å².